The highest BCUT2D eigenvalue weighted by Crippen LogP contribution is 2.27. The van der Waals surface area contributed by atoms with E-state index >= 15 is 0 Å². The molecule has 0 bridgehead atoms. The highest BCUT2D eigenvalue weighted by atomic mass is 32.2. The van der Waals surface area contributed by atoms with E-state index in [4.69, 9.17) is 0 Å². The van der Waals surface area contributed by atoms with Gasteiger partial charge in [0.25, 0.3) is 0 Å². The number of benzene rings is 2. The second-order valence-electron chi connectivity index (χ2n) is 7.08. The van der Waals surface area contributed by atoms with Gasteiger partial charge in [-0.15, -0.1) is 0 Å². The molecule has 2 aromatic carbocycles. The topological polar surface area (TPSA) is 69.6 Å². The number of aliphatic hydroxyl groups excluding tert-OH is 1. The van der Waals surface area contributed by atoms with Gasteiger partial charge < -0.3 is 10.4 Å². The van der Waals surface area contributed by atoms with Gasteiger partial charge in [0.2, 0.25) is 10.0 Å². The lowest BCUT2D eigenvalue weighted by atomic mass is 10.1. The van der Waals surface area contributed by atoms with Crippen molar-refractivity contribution in [3.63, 3.8) is 0 Å². The van der Waals surface area contributed by atoms with Crippen molar-refractivity contribution in [3.05, 3.63) is 59.7 Å². The van der Waals surface area contributed by atoms with Crippen molar-refractivity contribution < 1.29 is 26.7 Å². The molecular formula is C20H23F3N2O3S. The largest absolute Gasteiger partial charge is 0.395 e. The molecule has 2 aromatic rings. The van der Waals surface area contributed by atoms with Gasteiger partial charge in [0, 0.05) is 24.8 Å². The van der Waals surface area contributed by atoms with Crippen LogP contribution in [-0.2, 0) is 23.0 Å². The molecule has 1 fully saturated rings. The summed E-state index contributed by atoms with van der Waals surface area (Å²) in [5.74, 6) is 0. The third kappa shape index (κ3) is 5.49. The summed E-state index contributed by atoms with van der Waals surface area (Å²) in [6.45, 7) is 0.607. The zero-order valence-corrected chi connectivity index (χ0v) is 16.5. The Kier molecular flexibility index (Phi) is 6.50. The van der Waals surface area contributed by atoms with Crippen molar-refractivity contribution in [2.45, 2.75) is 42.9 Å². The Bertz CT molecular complexity index is 913. The molecule has 158 valence electrons. The number of sulfonamides is 1. The first-order chi connectivity index (χ1) is 13.7. The zero-order valence-electron chi connectivity index (χ0n) is 15.7. The molecular weight excluding hydrogens is 405 g/mol. The van der Waals surface area contributed by atoms with Gasteiger partial charge >= 0.3 is 6.18 Å². The summed E-state index contributed by atoms with van der Waals surface area (Å²) >= 11 is 0. The summed E-state index contributed by atoms with van der Waals surface area (Å²) in [6.07, 6.45) is -3.80. The number of hydrogen-bond acceptors (Lipinski definition) is 4. The molecule has 29 heavy (non-hydrogen) atoms. The van der Waals surface area contributed by atoms with Crippen LogP contribution in [0.5, 0.6) is 0 Å². The van der Waals surface area contributed by atoms with Crippen LogP contribution in [0, 0.1) is 0 Å². The summed E-state index contributed by atoms with van der Waals surface area (Å²) in [5.41, 5.74) is 1.72. The van der Waals surface area contributed by atoms with Gasteiger partial charge in [-0.2, -0.15) is 17.5 Å². The predicted octanol–water partition coefficient (Wildman–Crippen LogP) is 3.55. The normalized spacial score (nSPS) is 18.1. The SMILES string of the molecule is O=S(=O)(c1ccc(NCc2ccc(CC(F)(F)F)cc2)cc1)N1CCCC1CO. The van der Waals surface area contributed by atoms with Gasteiger partial charge in [0.1, 0.15) is 0 Å². The van der Waals surface area contributed by atoms with Crippen molar-refractivity contribution in [1.82, 2.24) is 4.31 Å². The lowest BCUT2D eigenvalue weighted by Crippen LogP contribution is -2.37. The van der Waals surface area contributed by atoms with Crippen molar-refractivity contribution in [2.24, 2.45) is 0 Å². The smallest absolute Gasteiger partial charge is 0.393 e. The molecule has 1 aliphatic heterocycles. The van der Waals surface area contributed by atoms with Crippen LogP contribution in [0.4, 0.5) is 18.9 Å². The fourth-order valence-electron chi connectivity index (χ4n) is 3.40. The maximum Gasteiger partial charge on any atom is 0.393 e. The third-order valence-corrected chi connectivity index (χ3v) is 6.89. The van der Waals surface area contributed by atoms with Crippen molar-refractivity contribution in [1.29, 1.82) is 0 Å². The molecule has 3 rings (SSSR count). The third-order valence-electron chi connectivity index (χ3n) is 4.92. The Morgan fingerprint density at radius 3 is 2.24 bits per heavy atom. The van der Waals surface area contributed by atoms with Crippen LogP contribution in [0.25, 0.3) is 0 Å². The molecule has 2 N–H and O–H groups in total. The van der Waals surface area contributed by atoms with E-state index in [1.807, 2.05) is 0 Å². The lowest BCUT2D eigenvalue weighted by Gasteiger charge is -2.22. The van der Waals surface area contributed by atoms with Gasteiger partial charge in [-0.25, -0.2) is 8.42 Å². The fourth-order valence-corrected chi connectivity index (χ4v) is 5.08. The number of nitrogens with one attached hydrogen (secondary N) is 1. The minimum Gasteiger partial charge on any atom is -0.395 e. The first kappa shape index (κ1) is 21.6. The van der Waals surface area contributed by atoms with Crippen LogP contribution in [0.2, 0.25) is 0 Å². The van der Waals surface area contributed by atoms with E-state index in [0.717, 1.165) is 12.0 Å². The quantitative estimate of drug-likeness (QED) is 0.708. The van der Waals surface area contributed by atoms with E-state index in [-0.39, 0.29) is 23.1 Å². The van der Waals surface area contributed by atoms with Crippen molar-refractivity contribution >= 4 is 15.7 Å². The van der Waals surface area contributed by atoms with Gasteiger partial charge in [0.15, 0.2) is 0 Å². The molecule has 0 radical (unpaired) electrons. The fraction of sp³-hybridized carbons (Fsp3) is 0.400. The number of rotatable bonds is 7. The predicted molar refractivity (Wildman–Crippen MR) is 104 cm³/mol. The van der Waals surface area contributed by atoms with Gasteiger partial charge in [-0.05, 0) is 48.2 Å². The van der Waals surface area contributed by atoms with E-state index in [0.29, 0.717) is 25.2 Å². The van der Waals surface area contributed by atoms with E-state index in [9.17, 15) is 26.7 Å². The molecule has 1 unspecified atom stereocenters. The monoisotopic (exact) mass is 428 g/mol. The van der Waals surface area contributed by atoms with E-state index in [1.165, 1.54) is 28.6 Å². The number of nitrogens with zero attached hydrogens (tertiary/aromatic N) is 1. The molecule has 0 aromatic heterocycles. The highest BCUT2D eigenvalue weighted by molar-refractivity contribution is 7.89. The van der Waals surface area contributed by atoms with Gasteiger partial charge in [-0.1, -0.05) is 24.3 Å². The number of anilines is 1. The Balaban J connectivity index is 1.61. The van der Waals surface area contributed by atoms with Gasteiger partial charge in [0.05, 0.1) is 17.9 Å². The van der Waals surface area contributed by atoms with Crippen molar-refractivity contribution in [3.8, 4) is 0 Å². The van der Waals surface area contributed by atoms with Crippen LogP contribution >= 0.6 is 0 Å². The Hall–Kier alpha value is -2.10. The second kappa shape index (κ2) is 8.73. The van der Waals surface area contributed by atoms with Crippen LogP contribution in [0.1, 0.15) is 24.0 Å². The summed E-state index contributed by atoms with van der Waals surface area (Å²) in [6, 6.07) is 12.1. The average molecular weight is 428 g/mol. The number of aliphatic hydroxyl groups is 1. The Morgan fingerprint density at radius 2 is 1.66 bits per heavy atom. The van der Waals surface area contributed by atoms with E-state index in [1.54, 1.807) is 24.3 Å². The summed E-state index contributed by atoms with van der Waals surface area (Å²) < 4.78 is 64.0. The number of hydrogen-bond donors (Lipinski definition) is 2. The number of halogens is 3. The Morgan fingerprint density at radius 1 is 1.03 bits per heavy atom. The molecule has 1 saturated heterocycles. The zero-order chi connectivity index (χ0) is 21.1. The van der Waals surface area contributed by atoms with E-state index in [2.05, 4.69) is 5.32 Å². The summed E-state index contributed by atoms with van der Waals surface area (Å²) in [5, 5.41) is 12.5. The molecule has 0 amide bonds. The van der Waals surface area contributed by atoms with Crippen LogP contribution in [0.15, 0.2) is 53.4 Å². The standard InChI is InChI=1S/C20H23F3N2O3S/c21-20(22,23)12-15-3-5-16(6-4-15)13-24-17-7-9-19(10-8-17)29(27,28)25-11-1-2-18(25)14-26/h3-10,18,24,26H,1-2,11-14H2. The average Bonchev–Trinajstić information content (AvgIpc) is 3.16. The summed E-state index contributed by atoms with van der Waals surface area (Å²) in [7, 11) is -3.65. The van der Waals surface area contributed by atoms with Crippen molar-refractivity contribution in [2.75, 3.05) is 18.5 Å². The lowest BCUT2D eigenvalue weighted by molar-refractivity contribution is -0.127. The number of alkyl halides is 3. The van der Waals surface area contributed by atoms with Crippen LogP contribution in [0.3, 0.4) is 0 Å². The molecule has 1 atom stereocenters. The summed E-state index contributed by atoms with van der Waals surface area (Å²) in [4.78, 5) is 0.167. The van der Waals surface area contributed by atoms with E-state index < -0.39 is 22.6 Å². The molecule has 0 spiro atoms. The van der Waals surface area contributed by atoms with Crippen LogP contribution < -0.4 is 5.32 Å². The maximum atomic E-state index is 12.7. The maximum absolute atomic E-state index is 12.7. The Labute approximate surface area is 168 Å². The van der Waals surface area contributed by atoms with Crippen LogP contribution in [-0.4, -0.2) is 43.2 Å². The molecule has 9 heteroatoms. The van der Waals surface area contributed by atoms with Gasteiger partial charge in [-0.3, -0.25) is 0 Å². The molecule has 5 nitrogen and oxygen atoms in total. The molecule has 1 aliphatic rings. The highest BCUT2D eigenvalue weighted by Gasteiger charge is 2.34. The molecule has 0 saturated carbocycles. The first-order valence-corrected chi connectivity index (χ1v) is 10.7. The minimum atomic E-state index is -4.23. The molecule has 0 aliphatic carbocycles. The first-order valence-electron chi connectivity index (χ1n) is 9.30. The second-order valence-corrected chi connectivity index (χ2v) is 8.97. The molecule has 1 heterocycles. The minimum absolute atomic E-state index is 0.167.